The molecule has 0 spiro atoms. The van der Waals surface area contributed by atoms with Crippen molar-refractivity contribution in [2.75, 3.05) is 18.4 Å². The summed E-state index contributed by atoms with van der Waals surface area (Å²) in [5.41, 5.74) is 1.58. The molecule has 0 atom stereocenters. The Morgan fingerprint density at radius 1 is 1.45 bits per heavy atom. The van der Waals surface area contributed by atoms with Crippen molar-refractivity contribution in [2.45, 2.75) is 20.8 Å². The van der Waals surface area contributed by atoms with Crippen LogP contribution in [0.4, 0.5) is 5.69 Å². The maximum Gasteiger partial charge on any atom is 0.267 e. The van der Waals surface area contributed by atoms with Crippen LogP contribution in [0.15, 0.2) is 30.0 Å². The van der Waals surface area contributed by atoms with Gasteiger partial charge in [-0.15, -0.1) is 0 Å². The molecule has 1 rings (SSSR count). The van der Waals surface area contributed by atoms with E-state index < -0.39 is 5.91 Å². The third-order valence-electron chi connectivity index (χ3n) is 2.92. The van der Waals surface area contributed by atoms with E-state index >= 15 is 0 Å². The fraction of sp³-hybridized carbons (Fsp3) is 0.333. The van der Waals surface area contributed by atoms with E-state index in [1.165, 1.54) is 0 Å². The second-order valence-corrected chi connectivity index (χ2v) is 4.70. The van der Waals surface area contributed by atoms with Gasteiger partial charge in [-0.1, -0.05) is 17.7 Å². The highest BCUT2D eigenvalue weighted by molar-refractivity contribution is 6.31. The van der Waals surface area contributed by atoms with E-state index in [1.54, 1.807) is 18.3 Å². The summed E-state index contributed by atoms with van der Waals surface area (Å²) in [6.45, 7) is 7.30. The highest BCUT2D eigenvalue weighted by Gasteiger charge is 2.11. The van der Waals surface area contributed by atoms with Crippen LogP contribution in [0.3, 0.4) is 0 Å². The second-order valence-electron chi connectivity index (χ2n) is 4.29. The van der Waals surface area contributed by atoms with Crippen LogP contribution in [0.5, 0.6) is 0 Å². The molecular formula is C15H18ClN3O. The number of anilines is 1. The summed E-state index contributed by atoms with van der Waals surface area (Å²) in [5.74, 6) is -0.431. The fourth-order valence-electron chi connectivity index (χ4n) is 1.60. The van der Waals surface area contributed by atoms with Gasteiger partial charge in [0.15, 0.2) is 0 Å². The standard InChI is InChI=1S/C15H18ClN3O/c1-4-19(5-2)10-12(9-17)15(20)18-13-7-6-11(3)14(16)8-13/h6-8,10H,4-5H2,1-3H3,(H,18,20)/b12-10-. The van der Waals surface area contributed by atoms with Gasteiger partial charge in [0.25, 0.3) is 5.91 Å². The first-order chi connectivity index (χ1) is 9.51. The number of aryl methyl sites for hydroxylation is 1. The maximum atomic E-state index is 12.0. The number of amides is 1. The predicted octanol–water partition coefficient (Wildman–Crippen LogP) is 3.34. The van der Waals surface area contributed by atoms with Crippen LogP contribution in [0.1, 0.15) is 19.4 Å². The normalized spacial score (nSPS) is 10.8. The van der Waals surface area contributed by atoms with E-state index in [2.05, 4.69) is 5.32 Å². The van der Waals surface area contributed by atoms with E-state index in [0.29, 0.717) is 10.7 Å². The largest absolute Gasteiger partial charge is 0.377 e. The minimum atomic E-state index is -0.431. The van der Waals surface area contributed by atoms with Gasteiger partial charge >= 0.3 is 0 Å². The van der Waals surface area contributed by atoms with E-state index in [4.69, 9.17) is 16.9 Å². The highest BCUT2D eigenvalue weighted by atomic mass is 35.5. The predicted molar refractivity (Wildman–Crippen MR) is 81.4 cm³/mol. The summed E-state index contributed by atoms with van der Waals surface area (Å²) in [5, 5.41) is 12.3. The molecule has 0 aliphatic carbocycles. The summed E-state index contributed by atoms with van der Waals surface area (Å²) in [7, 11) is 0. The zero-order valence-electron chi connectivity index (χ0n) is 11.9. The quantitative estimate of drug-likeness (QED) is 0.669. The Bertz CT molecular complexity index is 557. The van der Waals surface area contributed by atoms with Crippen molar-refractivity contribution >= 4 is 23.2 Å². The van der Waals surface area contributed by atoms with Crippen LogP contribution in [0, 0.1) is 18.3 Å². The van der Waals surface area contributed by atoms with Crippen molar-refractivity contribution in [1.82, 2.24) is 4.90 Å². The average Bonchev–Trinajstić information content (AvgIpc) is 2.44. The number of hydrogen-bond acceptors (Lipinski definition) is 3. The van der Waals surface area contributed by atoms with Crippen molar-refractivity contribution in [1.29, 1.82) is 5.26 Å². The van der Waals surface area contributed by atoms with Gasteiger partial charge in [0, 0.05) is 30.0 Å². The molecule has 0 heterocycles. The van der Waals surface area contributed by atoms with Crippen LogP contribution in [-0.2, 0) is 4.79 Å². The third kappa shape index (κ3) is 4.29. The van der Waals surface area contributed by atoms with Crippen LogP contribution < -0.4 is 5.32 Å². The number of rotatable bonds is 5. The first-order valence-corrected chi connectivity index (χ1v) is 6.83. The molecule has 0 aromatic heterocycles. The Morgan fingerprint density at radius 3 is 2.60 bits per heavy atom. The van der Waals surface area contributed by atoms with E-state index in [-0.39, 0.29) is 5.57 Å². The molecule has 0 saturated heterocycles. The molecule has 0 radical (unpaired) electrons. The fourth-order valence-corrected chi connectivity index (χ4v) is 1.78. The summed E-state index contributed by atoms with van der Waals surface area (Å²) in [6.07, 6.45) is 1.57. The molecular weight excluding hydrogens is 274 g/mol. The summed E-state index contributed by atoms with van der Waals surface area (Å²) in [6, 6.07) is 7.16. The zero-order chi connectivity index (χ0) is 15.1. The van der Waals surface area contributed by atoms with Crippen LogP contribution >= 0.6 is 11.6 Å². The molecule has 106 valence electrons. The molecule has 0 aliphatic heterocycles. The number of benzene rings is 1. The number of nitrogens with one attached hydrogen (secondary N) is 1. The SMILES string of the molecule is CCN(/C=C(/C#N)C(=O)Nc1ccc(C)c(Cl)c1)CC. The summed E-state index contributed by atoms with van der Waals surface area (Å²) >= 11 is 6.00. The highest BCUT2D eigenvalue weighted by Crippen LogP contribution is 2.20. The van der Waals surface area contributed by atoms with Crippen molar-refractivity contribution < 1.29 is 4.79 Å². The summed E-state index contributed by atoms with van der Waals surface area (Å²) < 4.78 is 0. The Hall–Kier alpha value is -1.99. The molecule has 0 aliphatic rings. The van der Waals surface area contributed by atoms with Crippen LogP contribution in [-0.4, -0.2) is 23.9 Å². The molecule has 20 heavy (non-hydrogen) atoms. The van der Waals surface area contributed by atoms with Gasteiger partial charge in [0.1, 0.15) is 11.6 Å². The zero-order valence-corrected chi connectivity index (χ0v) is 12.7. The minimum Gasteiger partial charge on any atom is -0.377 e. The van der Waals surface area contributed by atoms with Gasteiger partial charge in [-0.2, -0.15) is 5.26 Å². The first-order valence-electron chi connectivity index (χ1n) is 6.45. The Morgan fingerprint density at radius 2 is 2.10 bits per heavy atom. The van der Waals surface area contributed by atoms with Gasteiger partial charge in [-0.25, -0.2) is 0 Å². The topological polar surface area (TPSA) is 56.1 Å². The lowest BCUT2D eigenvalue weighted by Gasteiger charge is -2.15. The molecule has 0 bridgehead atoms. The lowest BCUT2D eigenvalue weighted by atomic mass is 10.2. The lowest BCUT2D eigenvalue weighted by molar-refractivity contribution is -0.112. The number of carbonyl (C=O) groups is 1. The van der Waals surface area contributed by atoms with Crippen molar-refractivity contribution in [2.24, 2.45) is 0 Å². The maximum absolute atomic E-state index is 12.0. The van der Waals surface area contributed by atoms with E-state index in [0.717, 1.165) is 18.7 Å². The van der Waals surface area contributed by atoms with Crippen molar-refractivity contribution in [3.63, 3.8) is 0 Å². The van der Waals surface area contributed by atoms with E-state index in [9.17, 15) is 4.79 Å². The molecule has 0 unspecified atom stereocenters. The number of nitriles is 1. The molecule has 5 heteroatoms. The minimum absolute atomic E-state index is 0.0744. The Balaban J connectivity index is 2.88. The second kappa shape index (κ2) is 7.56. The van der Waals surface area contributed by atoms with Crippen LogP contribution in [0.25, 0.3) is 0 Å². The molecule has 0 saturated carbocycles. The molecule has 0 fully saturated rings. The average molecular weight is 292 g/mol. The monoisotopic (exact) mass is 291 g/mol. The summed E-state index contributed by atoms with van der Waals surface area (Å²) in [4.78, 5) is 13.9. The van der Waals surface area contributed by atoms with E-state index in [1.807, 2.05) is 37.8 Å². The number of hydrogen-bond donors (Lipinski definition) is 1. The molecule has 1 amide bonds. The molecule has 1 aromatic carbocycles. The number of carbonyl (C=O) groups excluding carboxylic acids is 1. The third-order valence-corrected chi connectivity index (χ3v) is 3.33. The van der Waals surface area contributed by atoms with Crippen molar-refractivity contribution in [3.8, 4) is 6.07 Å². The molecule has 4 nitrogen and oxygen atoms in total. The Kier molecular flexibility index (Phi) is 6.08. The molecule has 1 aromatic rings. The van der Waals surface area contributed by atoms with Gasteiger partial charge in [-0.05, 0) is 38.5 Å². The lowest BCUT2D eigenvalue weighted by Crippen LogP contribution is -2.20. The first kappa shape index (κ1) is 16.1. The van der Waals surface area contributed by atoms with Gasteiger partial charge < -0.3 is 10.2 Å². The number of halogens is 1. The number of nitrogens with zero attached hydrogens (tertiary/aromatic N) is 2. The molecule has 1 N–H and O–H groups in total. The van der Waals surface area contributed by atoms with Gasteiger partial charge in [-0.3, -0.25) is 4.79 Å². The van der Waals surface area contributed by atoms with Crippen molar-refractivity contribution in [3.05, 3.63) is 40.6 Å². The smallest absolute Gasteiger partial charge is 0.267 e. The van der Waals surface area contributed by atoms with Gasteiger partial charge in [0.2, 0.25) is 0 Å². The van der Waals surface area contributed by atoms with Gasteiger partial charge in [0.05, 0.1) is 0 Å². The van der Waals surface area contributed by atoms with Crippen LogP contribution in [0.2, 0.25) is 5.02 Å². The Labute approximate surface area is 124 Å².